The zero-order valence-corrected chi connectivity index (χ0v) is 23.4. The maximum atomic E-state index is 13.6. The molecule has 2 aromatic carbocycles. The van der Waals surface area contributed by atoms with Crippen molar-refractivity contribution in [2.75, 3.05) is 44.2 Å². The Morgan fingerprint density at radius 1 is 1.12 bits per heavy atom. The Balaban J connectivity index is 1.59. The molecule has 2 aromatic rings. The van der Waals surface area contributed by atoms with Crippen LogP contribution in [0.5, 0.6) is 17.2 Å². The Morgan fingerprint density at radius 3 is 2.60 bits per heavy atom. The second-order valence-corrected chi connectivity index (χ2v) is 10.4. The van der Waals surface area contributed by atoms with Crippen molar-refractivity contribution in [1.29, 1.82) is 0 Å². The first-order valence-electron chi connectivity index (χ1n) is 13.3. The van der Waals surface area contributed by atoms with Gasteiger partial charge in [0.25, 0.3) is 5.91 Å². The highest BCUT2D eigenvalue weighted by atomic mass is 16.7. The van der Waals surface area contributed by atoms with Crippen LogP contribution in [0.1, 0.15) is 38.1 Å². The summed E-state index contributed by atoms with van der Waals surface area (Å²) in [4.78, 5) is 42.3. The number of benzene rings is 2. The fraction of sp³-hybridized carbons (Fsp3) is 0.464. The van der Waals surface area contributed by atoms with E-state index in [0.29, 0.717) is 29.4 Å². The molecule has 4 N–H and O–H groups in total. The van der Waals surface area contributed by atoms with Crippen LogP contribution in [0.3, 0.4) is 0 Å². The number of nitrogens with one attached hydrogen (secondary N) is 3. The monoisotopic (exact) mass is 555 g/mol. The Kier molecular flexibility index (Phi) is 8.88. The zero-order valence-electron chi connectivity index (χ0n) is 23.4. The lowest BCUT2D eigenvalue weighted by atomic mass is 9.99. The van der Waals surface area contributed by atoms with Crippen molar-refractivity contribution in [3.05, 3.63) is 42.0 Å². The molecule has 0 spiro atoms. The first kappa shape index (κ1) is 28.8. The summed E-state index contributed by atoms with van der Waals surface area (Å²) in [7, 11) is 1.65. The number of aliphatic hydroxyl groups excluding tert-OH is 1. The lowest BCUT2D eigenvalue weighted by molar-refractivity contribution is 0.0373. The summed E-state index contributed by atoms with van der Waals surface area (Å²) >= 11 is 0. The maximum absolute atomic E-state index is 13.6. The summed E-state index contributed by atoms with van der Waals surface area (Å²) in [6.07, 6.45) is -0.552. The van der Waals surface area contributed by atoms with Gasteiger partial charge in [-0.25, -0.2) is 9.59 Å². The number of carbonyl (C=O) groups excluding carboxylic acids is 3. The first-order chi connectivity index (χ1) is 19.1. The number of ether oxygens (including phenoxy) is 3. The number of anilines is 2. The van der Waals surface area contributed by atoms with Crippen molar-refractivity contribution >= 4 is 29.3 Å². The molecule has 12 heteroatoms. The summed E-state index contributed by atoms with van der Waals surface area (Å²) in [5.74, 6) is 0.832. The topological polar surface area (TPSA) is 142 Å². The van der Waals surface area contributed by atoms with E-state index in [1.165, 1.54) is 4.90 Å². The average molecular weight is 556 g/mol. The van der Waals surface area contributed by atoms with E-state index >= 15 is 0 Å². The fourth-order valence-corrected chi connectivity index (χ4v) is 4.53. The number of hydrogen-bond donors (Lipinski definition) is 4. The standard InChI is InChI=1S/C28H37N5O7/c1-16(2)29-27(36)31-21-8-6-7-20-25(21)40-24(17(3)12-33(26(20)35)18(4)14-34)13-32(5)28(37)30-19-9-10-22-23(11-19)39-15-38-22/h6-11,16-18,24,34H,12-15H2,1-5H3,(H,30,37)(H2,29,31,36)/t17-,18+,24+/m0/s1. The van der Waals surface area contributed by atoms with Crippen LogP contribution in [-0.2, 0) is 0 Å². The lowest BCUT2D eigenvalue weighted by Crippen LogP contribution is -2.50. The van der Waals surface area contributed by atoms with Gasteiger partial charge in [-0.1, -0.05) is 13.0 Å². The molecule has 0 aromatic heterocycles. The highest BCUT2D eigenvalue weighted by molar-refractivity contribution is 6.01. The fourth-order valence-electron chi connectivity index (χ4n) is 4.53. The lowest BCUT2D eigenvalue weighted by Gasteiger charge is -2.38. The van der Waals surface area contributed by atoms with Crippen LogP contribution in [0.4, 0.5) is 21.0 Å². The molecule has 2 heterocycles. The normalized spacial score (nSPS) is 18.7. The summed E-state index contributed by atoms with van der Waals surface area (Å²) < 4.78 is 17.2. The predicted octanol–water partition coefficient (Wildman–Crippen LogP) is 3.33. The molecule has 5 amide bonds. The molecule has 0 fully saturated rings. The summed E-state index contributed by atoms with van der Waals surface area (Å²) in [5.41, 5.74) is 1.13. The minimum atomic E-state index is -0.552. The van der Waals surface area contributed by atoms with E-state index in [4.69, 9.17) is 14.2 Å². The van der Waals surface area contributed by atoms with Gasteiger partial charge < -0.3 is 45.1 Å². The Morgan fingerprint density at radius 2 is 1.88 bits per heavy atom. The number of aliphatic hydroxyl groups is 1. The minimum absolute atomic E-state index is 0.0985. The van der Waals surface area contributed by atoms with E-state index in [9.17, 15) is 19.5 Å². The van der Waals surface area contributed by atoms with Gasteiger partial charge in [-0.15, -0.1) is 0 Å². The van der Waals surface area contributed by atoms with Crippen LogP contribution in [-0.4, -0.2) is 84.6 Å². The average Bonchev–Trinajstić information content (AvgIpc) is 3.38. The molecular formula is C28H37N5O7. The van der Waals surface area contributed by atoms with Crippen molar-refractivity contribution < 1.29 is 33.7 Å². The Labute approximate surface area is 233 Å². The molecule has 2 aliphatic heterocycles. The zero-order chi connectivity index (χ0) is 29.0. The molecule has 0 saturated carbocycles. The van der Waals surface area contributed by atoms with Gasteiger partial charge in [-0.3, -0.25) is 4.79 Å². The number of urea groups is 2. The number of fused-ring (bicyclic) bond motifs is 2. The van der Waals surface area contributed by atoms with Gasteiger partial charge in [-0.05, 0) is 45.0 Å². The van der Waals surface area contributed by atoms with Crippen LogP contribution >= 0.6 is 0 Å². The van der Waals surface area contributed by atoms with E-state index in [1.54, 1.807) is 55.3 Å². The third kappa shape index (κ3) is 6.50. The molecular weight excluding hydrogens is 518 g/mol. The summed E-state index contributed by atoms with van der Waals surface area (Å²) in [6, 6.07) is 8.75. The van der Waals surface area contributed by atoms with Gasteiger partial charge in [0.15, 0.2) is 17.2 Å². The largest absolute Gasteiger partial charge is 0.485 e. The predicted molar refractivity (Wildman–Crippen MR) is 149 cm³/mol. The van der Waals surface area contributed by atoms with E-state index < -0.39 is 18.2 Å². The van der Waals surface area contributed by atoms with Crippen molar-refractivity contribution in [3.8, 4) is 17.2 Å². The molecule has 0 radical (unpaired) electrons. The number of amides is 5. The van der Waals surface area contributed by atoms with Gasteiger partial charge in [0.2, 0.25) is 6.79 Å². The number of carbonyl (C=O) groups is 3. The number of nitrogens with zero attached hydrogens (tertiary/aromatic N) is 2. The molecule has 3 atom stereocenters. The quantitative estimate of drug-likeness (QED) is 0.411. The van der Waals surface area contributed by atoms with Crippen LogP contribution in [0, 0.1) is 5.92 Å². The second-order valence-electron chi connectivity index (χ2n) is 10.4. The van der Waals surface area contributed by atoms with Crippen molar-refractivity contribution in [1.82, 2.24) is 15.1 Å². The molecule has 0 unspecified atom stereocenters. The molecule has 0 bridgehead atoms. The molecule has 216 valence electrons. The molecule has 0 aliphatic carbocycles. The molecule has 12 nitrogen and oxygen atoms in total. The summed E-state index contributed by atoms with van der Waals surface area (Å²) in [5, 5.41) is 18.3. The van der Waals surface area contributed by atoms with Crippen molar-refractivity contribution in [2.24, 2.45) is 5.92 Å². The Bertz CT molecular complexity index is 1250. The number of rotatable bonds is 7. The van der Waals surface area contributed by atoms with Gasteiger partial charge in [0.1, 0.15) is 6.10 Å². The van der Waals surface area contributed by atoms with Gasteiger partial charge in [0, 0.05) is 37.3 Å². The SMILES string of the molecule is CC(C)NC(=O)Nc1cccc2c1O[C@H](CN(C)C(=O)Nc1ccc3c(c1)OCO3)[C@@H](C)CN([C@H](C)CO)C2=O. The highest BCUT2D eigenvalue weighted by Gasteiger charge is 2.35. The van der Waals surface area contributed by atoms with E-state index in [2.05, 4.69) is 16.0 Å². The second kappa shape index (κ2) is 12.3. The minimum Gasteiger partial charge on any atom is -0.485 e. The number of hydrogen-bond acceptors (Lipinski definition) is 7. The maximum Gasteiger partial charge on any atom is 0.321 e. The van der Waals surface area contributed by atoms with Crippen molar-refractivity contribution in [3.63, 3.8) is 0 Å². The summed E-state index contributed by atoms with van der Waals surface area (Å²) in [6.45, 7) is 7.77. The van der Waals surface area contributed by atoms with Crippen molar-refractivity contribution in [2.45, 2.75) is 45.9 Å². The van der Waals surface area contributed by atoms with E-state index in [1.807, 2.05) is 20.8 Å². The van der Waals surface area contributed by atoms with E-state index in [-0.39, 0.29) is 55.2 Å². The highest BCUT2D eigenvalue weighted by Crippen LogP contribution is 2.36. The molecule has 40 heavy (non-hydrogen) atoms. The van der Waals surface area contributed by atoms with Crippen LogP contribution in [0.15, 0.2) is 36.4 Å². The Hall–Kier alpha value is -4.19. The van der Waals surface area contributed by atoms with Gasteiger partial charge in [-0.2, -0.15) is 0 Å². The number of likely N-dealkylation sites (N-methyl/N-ethyl adjacent to an activating group) is 1. The van der Waals surface area contributed by atoms with Gasteiger partial charge >= 0.3 is 12.1 Å². The molecule has 0 saturated heterocycles. The number of para-hydroxylation sites is 1. The van der Waals surface area contributed by atoms with Crippen LogP contribution in [0.2, 0.25) is 0 Å². The third-order valence-electron chi connectivity index (χ3n) is 6.78. The smallest absolute Gasteiger partial charge is 0.321 e. The molecule has 4 rings (SSSR count). The third-order valence-corrected chi connectivity index (χ3v) is 6.78. The first-order valence-corrected chi connectivity index (χ1v) is 13.3. The van der Waals surface area contributed by atoms with E-state index in [0.717, 1.165) is 0 Å². The molecule has 2 aliphatic rings. The van der Waals surface area contributed by atoms with Crippen LogP contribution < -0.4 is 30.2 Å². The van der Waals surface area contributed by atoms with Gasteiger partial charge in [0.05, 0.1) is 30.4 Å². The van der Waals surface area contributed by atoms with Crippen LogP contribution in [0.25, 0.3) is 0 Å².